The molecule has 0 spiro atoms. The summed E-state index contributed by atoms with van der Waals surface area (Å²) in [5, 5.41) is 14.0. The van der Waals surface area contributed by atoms with Crippen LogP contribution >= 0.6 is 15.9 Å². The van der Waals surface area contributed by atoms with Gasteiger partial charge in [-0.3, -0.25) is 14.7 Å². The van der Waals surface area contributed by atoms with Gasteiger partial charge >= 0.3 is 0 Å². The van der Waals surface area contributed by atoms with Crippen LogP contribution in [0.3, 0.4) is 0 Å². The van der Waals surface area contributed by atoms with E-state index in [-0.39, 0.29) is 18.0 Å². The van der Waals surface area contributed by atoms with Gasteiger partial charge in [-0.15, -0.1) is 0 Å². The fraction of sp³-hybridized carbons (Fsp3) is 0.150. The molecule has 0 atom stereocenters. The topological polar surface area (TPSA) is 121 Å². The van der Waals surface area contributed by atoms with Crippen molar-refractivity contribution in [2.45, 2.75) is 6.54 Å². The maximum Gasteiger partial charge on any atom is 0.274 e. The van der Waals surface area contributed by atoms with E-state index in [1.807, 2.05) is 18.2 Å². The molecule has 0 aliphatic rings. The van der Waals surface area contributed by atoms with Gasteiger partial charge in [0.15, 0.2) is 5.82 Å². The third-order valence-corrected chi connectivity index (χ3v) is 5.10. The lowest BCUT2D eigenvalue weighted by Gasteiger charge is -2.13. The number of likely N-dealkylation sites (N-methyl/N-ethyl adjacent to an activating group) is 1. The Kier molecular flexibility index (Phi) is 5.67. The van der Waals surface area contributed by atoms with Crippen LogP contribution in [0.4, 0.5) is 23.1 Å². The number of amides is 1. The van der Waals surface area contributed by atoms with Gasteiger partial charge in [0.05, 0.1) is 16.2 Å². The van der Waals surface area contributed by atoms with E-state index < -0.39 is 0 Å². The van der Waals surface area contributed by atoms with Gasteiger partial charge in [-0.2, -0.15) is 10.1 Å². The normalized spacial score (nSPS) is 10.8. The highest BCUT2D eigenvalue weighted by Gasteiger charge is 2.12. The number of nitrogens with zero attached hydrogens (tertiary/aromatic N) is 5. The molecule has 4 rings (SSSR count). The quantitative estimate of drug-likeness (QED) is 0.386. The zero-order valence-corrected chi connectivity index (χ0v) is 18.3. The number of halogens is 1. The summed E-state index contributed by atoms with van der Waals surface area (Å²) in [7, 11) is 3.29. The summed E-state index contributed by atoms with van der Waals surface area (Å²) in [4.78, 5) is 34.9. The number of carbonyl (C=O) groups excluding carboxylic acids is 1. The zero-order valence-electron chi connectivity index (χ0n) is 16.8. The highest BCUT2D eigenvalue weighted by molar-refractivity contribution is 9.10. The molecule has 0 fully saturated rings. The summed E-state index contributed by atoms with van der Waals surface area (Å²) in [5.74, 6) is 0.590. The van der Waals surface area contributed by atoms with Crippen LogP contribution in [0.5, 0.6) is 0 Å². The van der Waals surface area contributed by atoms with Crippen molar-refractivity contribution in [3.05, 3.63) is 63.7 Å². The van der Waals surface area contributed by atoms with Crippen LogP contribution in [-0.2, 0) is 11.3 Å². The molecule has 0 radical (unpaired) electrons. The average molecular weight is 483 g/mol. The predicted octanol–water partition coefficient (Wildman–Crippen LogP) is 2.85. The van der Waals surface area contributed by atoms with Gasteiger partial charge in [-0.25, -0.2) is 4.98 Å². The number of fused-ring (bicyclic) bond motifs is 1. The number of hydrogen-bond donors (Lipinski definition) is 3. The third kappa shape index (κ3) is 4.56. The van der Waals surface area contributed by atoms with Gasteiger partial charge < -0.3 is 20.1 Å². The standard InChI is InChI=1S/C20H19BrN8O2/c1-28(2)17(30)11-29-7-3-4-16(19(29)31)25-18-14(21)10-22-20(26-18)24-13-5-6-15-12(8-13)9-23-27-15/h3-10H,11H2,1-2H3,(H,23,27)(H2,22,24,25,26). The van der Waals surface area contributed by atoms with E-state index in [4.69, 9.17) is 0 Å². The Hall–Kier alpha value is -3.73. The van der Waals surface area contributed by atoms with Gasteiger partial charge in [-0.05, 0) is 46.3 Å². The largest absolute Gasteiger partial charge is 0.347 e. The molecule has 0 unspecified atom stereocenters. The molecule has 31 heavy (non-hydrogen) atoms. The van der Waals surface area contributed by atoms with E-state index in [1.54, 1.807) is 44.8 Å². The fourth-order valence-electron chi connectivity index (χ4n) is 2.84. The summed E-state index contributed by atoms with van der Waals surface area (Å²) < 4.78 is 1.93. The number of aromatic nitrogens is 5. The lowest BCUT2D eigenvalue weighted by atomic mass is 10.2. The van der Waals surface area contributed by atoms with Crippen molar-refractivity contribution in [2.75, 3.05) is 24.7 Å². The lowest BCUT2D eigenvalue weighted by Crippen LogP contribution is -2.31. The van der Waals surface area contributed by atoms with E-state index in [0.29, 0.717) is 21.9 Å². The second kappa shape index (κ2) is 8.56. The minimum absolute atomic E-state index is 0.0460. The molecule has 3 N–H and O–H groups in total. The fourth-order valence-corrected chi connectivity index (χ4v) is 3.13. The van der Waals surface area contributed by atoms with Crippen molar-refractivity contribution in [3.63, 3.8) is 0 Å². The van der Waals surface area contributed by atoms with Crippen LogP contribution in [0.25, 0.3) is 10.9 Å². The minimum atomic E-state index is -0.330. The SMILES string of the molecule is CN(C)C(=O)Cn1cccc(Nc2nc(Nc3ccc4[nH]ncc4c3)ncc2Br)c1=O. The van der Waals surface area contributed by atoms with Gasteiger partial charge in [0.1, 0.15) is 12.2 Å². The Balaban J connectivity index is 1.58. The molecule has 10 nitrogen and oxygen atoms in total. The highest BCUT2D eigenvalue weighted by Crippen LogP contribution is 2.25. The molecule has 0 aliphatic heterocycles. The van der Waals surface area contributed by atoms with Crippen LogP contribution in [-0.4, -0.2) is 49.6 Å². The van der Waals surface area contributed by atoms with Gasteiger partial charge in [-0.1, -0.05) is 0 Å². The molecule has 3 aromatic heterocycles. The second-order valence-electron chi connectivity index (χ2n) is 6.96. The minimum Gasteiger partial charge on any atom is -0.347 e. The summed E-state index contributed by atoms with van der Waals surface area (Å²) in [6, 6.07) is 9.05. The number of benzene rings is 1. The van der Waals surface area contributed by atoms with Gasteiger partial charge in [0.25, 0.3) is 5.56 Å². The third-order valence-electron chi connectivity index (χ3n) is 4.52. The number of anilines is 4. The number of carbonyl (C=O) groups is 1. The summed E-state index contributed by atoms with van der Waals surface area (Å²) in [6.45, 7) is -0.0460. The van der Waals surface area contributed by atoms with Crippen LogP contribution in [0.15, 0.2) is 58.2 Å². The van der Waals surface area contributed by atoms with Crippen molar-refractivity contribution >= 4 is 55.9 Å². The molecule has 1 amide bonds. The second-order valence-corrected chi connectivity index (χ2v) is 7.81. The van der Waals surface area contributed by atoms with Crippen molar-refractivity contribution in [1.82, 2.24) is 29.6 Å². The van der Waals surface area contributed by atoms with Crippen molar-refractivity contribution in [3.8, 4) is 0 Å². The predicted molar refractivity (Wildman–Crippen MR) is 122 cm³/mol. The number of pyridine rings is 1. The molecule has 3 heterocycles. The maximum atomic E-state index is 12.8. The van der Waals surface area contributed by atoms with Crippen molar-refractivity contribution < 1.29 is 4.79 Å². The van der Waals surface area contributed by atoms with E-state index in [1.165, 1.54) is 9.47 Å². The summed E-state index contributed by atoms with van der Waals surface area (Å²) >= 11 is 3.41. The maximum absolute atomic E-state index is 12.8. The molecule has 0 bridgehead atoms. The first-order valence-electron chi connectivity index (χ1n) is 9.30. The van der Waals surface area contributed by atoms with E-state index in [2.05, 4.69) is 46.7 Å². The molecule has 1 aromatic carbocycles. The zero-order chi connectivity index (χ0) is 22.0. The molecule has 158 valence electrons. The molecular formula is C20H19BrN8O2. The Labute approximate surface area is 185 Å². The summed E-state index contributed by atoms with van der Waals surface area (Å²) in [5.41, 5.74) is 1.69. The first-order valence-corrected chi connectivity index (χ1v) is 10.1. The first kappa shape index (κ1) is 20.5. The Morgan fingerprint density at radius 2 is 2.06 bits per heavy atom. The van der Waals surface area contributed by atoms with Crippen molar-refractivity contribution in [1.29, 1.82) is 0 Å². The highest BCUT2D eigenvalue weighted by atomic mass is 79.9. The number of nitrogens with one attached hydrogen (secondary N) is 3. The Morgan fingerprint density at radius 3 is 2.87 bits per heavy atom. The lowest BCUT2D eigenvalue weighted by molar-refractivity contribution is -0.129. The number of H-pyrrole nitrogens is 1. The first-order chi connectivity index (χ1) is 14.9. The molecule has 0 saturated carbocycles. The van der Waals surface area contributed by atoms with Crippen LogP contribution in [0.1, 0.15) is 0 Å². The molecule has 0 saturated heterocycles. The Bertz CT molecular complexity index is 1310. The average Bonchev–Trinajstić information content (AvgIpc) is 3.21. The van der Waals surface area contributed by atoms with Crippen LogP contribution in [0, 0.1) is 0 Å². The van der Waals surface area contributed by atoms with E-state index >= 15 is 0 Å². The monoisotopic (exact) mass is 482 g/mol. The Morgan fingerprint density at radius 1 is 1.23 bits per heavy atom. The summed E-state index contributed by atoms with van der Waals surface area (Å²) in [6.07, 6.45) is 4.89. The molecule has 4 aromatic rings. The number of aromatic amines is 1. The van der Waals surface area contributed by atoms with Crippen LogP contribution < -0.4 is 16.2 Å². The number of rotatable bonds is 6. The smallest absolute Gasteiger partial charge is 0.274 e. The van der Waals surface area contributed by atoms with Crippen molar-refractivity contribution in [2.24, 2.45) is 0 Å². The van der Waals surface area contributed by atoms with Crippen LogP contribution in [0.2, 0.25) is 0 Å². The van der Waals surface area contributed by atoms with E-state index in [9.17, 15) is 9.59 Å². The number of hydrogen-bond acceptors (Lipinski definition) is 7. The molecule has 0 aliphatic carbocycles. The van der Waals surface area contributed by atoms with Gasteiger partial charge in [0, 0.05) is 37.6 Å². The van der Waals surface area contributed by atoms with E-state index in [0.717, 1.165) is 16.6 Å². The molecular weight excluding hydrogens is 464 g/mol. The molecule has 11 heteroatoms. The van der Waals surface area contributed by atoms with Gasteiger partial charge in [0.2, 0.25) is 11.9 Å².